The average Bonchev–Trinajstić information content (AvgIpc) is 3.15. The number of phenolic OH excluding ortho intramolecular Hbond substituents is 1. The molecule has 0 saturated carbocycles. The lowest BCUT2D eigenvalue weighted by molar-refractivity contribution is -0.121. The van der Waals surface area contributed by atoms with Crippen LogP contribution in [0.15, 0.2) is 140 Å². The van der Waals surface area contributed by atoms with E-state index in [0.717, 1.165) is 18.1 Å². The van der Waals surface area contributed by atoms with Crippen molar-refractivity contribution in [1.82, 2.24) is 0 Å². The van der Waals surface area contributed by atoms with Gasteiger partial charge in [0.1, 0.15) is 23.2 Å². The highest BCUT2D eigenvalue weighted by atomic mass is 35.5. The Labute approximate surface area is 300 Å². The first kappa shape index (κ1) is 37.7. The van der Waals surface area contributed by atoms with Gasteiger partial charge >= 0.3 is 0 Å². The van der Waals surface area contributed by atoms with Gasteiger partial charge in [-0.3, -0.25) is 9.59 Å². The van der Waals surface area contributed by atoms with Gasteiger partial charge in [0.2, 0.25) is 0 Å². The van der Waals surface area contributed by atoms with E-state index in [0.29, 0.717) is 29.4 Å². The van der Waals surface area contributed by atoms with Crippen molar-refractivity contribution in [2.45, 2.75) is 12.8 Å². The maximum atomic E-state index is 12.5. The zero-order valence-corrected chi connectivity index (χ0v) is 29.7. The quantitative estimate of drug-likeness (QED) is 0.0708. The van der Waals surface area contributed by atoms with E-state index < -0.39 is 7.26 Å². The van der Waals surface area contributed by atoms with Gasteiger partial charge in [-0.15, -0.1) is 0 Å². The lowest BCUT2D eigenvalue weighted by atomic mass is 10.1. The second kappa shape index (κ2) is 18.6. The standard InChI is InChI=1S/C42H39O6P.ClH/c1-46-41-29-32(21-25-39(41)45)19-23-34(43)31-35(44)24-20-33-22-26-40(42(30-33)47-2)48-27-12-28-49(36-13-6-3-7-14-36,37-15-8-4-9-16-37)38-17-10-5-11-18-38;/h3-11,13-26,29-30H,12,27-28,31H2,1-2H3;1H/b24-20+;. The van der Waals surface area contributed by atoms with Crippen molar-refractivity contribution in [1.29, 1.82) is 0 Å². The molecule has 0 amide bonds. The Balaban J connectivity index is 0.00000562. The van der Waals surface area contributed by atoms with Crippen molar-refractivity contribution in [2.24, 2.45) is 0 Å². The smallest absolute Gasteiger partial charge is 0.163 e. The molecule has 0 fully saturated rings. The Hall–Kier alpha value is -5.16. The van der Waals surface area contributed by atoms with Gasteiger partial charge in [-0.05, 0) is 83.9 Å². The average molecular weight is 707 g/mol. The van der Waals surface area contributed by atoms with E-state index in [2.05, 4.69) is 91.0 Å². The van der Waals surface area contributed by atoms with Gasteiger partial charge in [0, 0.05) is 6.42 Å². The number of ketones is 2. The van der Waals surface area contributed by atoms with Crippen LogP contribution in [0.1, 0.15) is 24.0 Å². The molecule has 0 aliphatic carbocycles. The number of carbonyl (C=O) groups excluding carboxylic acids is 2. The largest absolute Gasteiger partial charge is 1.00 e. The summed E-state index contributed by atoms with van der Waals surface area (Å²) in [5.74, 6) is 0.850. The van der Waals surface area contributed by atoms with Gasteiger partial charge in [0.15, 0.2) is 34.6 Å². The minimum Gasteiger partial charge on any atom is -1.00 e. The van der Waals surface area contributed by atoms with Crippen molar-refractivity contribution >= 4 is 46.9 Å². The molecule has 0 saturated heterocycles. The highest BCUT2D eigenvalue weighted by molar-refractivity contribution is 7.95. The van der Waals surface area contributed by atoms with Crippen LogP contribution in [0, 0.1) is 0 Å². The van der Waals surface area contributed by atoms with Crippen LogP contribution in [-0.2, 0) is 9.59 Å². The molecule has 0 spiro atoms. The number of rotatable bonds is 16. The van der Waals surface area contributed by atoms with E-state index in [-0.39, 0.29) is 36.1 Å². The number of methoxy groups -OCH3 is 2. The van der Waals surface area contributed by atoms with Crippen LogP contribution < -0.4 is 42.5 Å². The number of aromatic hydroxyl groups is 1. The van der Waals surface area contributed by atoms with Crippen LogP contribution >= 0.6 is 7.26 Å². The molecule has 5 aromatic rings. The SMILES string of the molecule is COc1cc(/C=C/C(=O)CC(=O)/C=C/c2ccc(OCCC[P+](c3ccccc3)(c3ccccc3)c3ccccc3)c(OC)c2)ccc1O.[Cl-]. The van der Waals surface area contributed by atoms with Crippen LogP contribution in [0.25, 0.3) is 12.2 Å². The molecule has 0 radical (unpaired) electrons. The second-order valence-electron chi connectivity index (χ2n) is 11.4. The van der Waals surface area contributed by atoms with Crippen molar-refractivity contribution in [3.63, 3.8) is 0 Å². The van der Waals surface area contributed by atoms with Gasteiger partial charge < -0.3 is 31.7 Å². The predicted molar refractivity (Wildman–Crippen MR) is 200 cm³/mol. The number of phenols is 1. The molecule has 0 aliphatic heterocycles. The Morgan fingerprint density at radius 3 is 1.56 bits per heavy atom. The fourth-order valence-corrected chi connectivity index (χ4v) is 10.1. The third kappa shape index (κ3) is 9.50. The normalized spacial score (nSPS) is 11.2. The fraction of sp³-hybridized carbons (Fsp3) is 0.143. The molecule has 5 aromatic carbocycles. The molecular weight excluding hydrogens is 667 g/mol. The Bertz CT molecular complexity index is 1810. The van der Waals surface area contributed by atoms with Gasteiger partial charge in [0.25, 0.3) is 0 Å². The van der Waals surface area contributed by atoms with Crippen molar-refractivity contribution in [2.75, 3.05) is 27.0 Å². The maximum Gasteiger partial charge on any atom is 0.163 e. The number of hydrogen-bond donors (Lipinski definition) is 1. The Morgan fingerprint density at radius 1 is 0.620 bits per heavy atom. The van der Waals surface area contributed by atoms with Crippen LogP contribution in [0.2, 0.25) is 0 Å². The number of allylic oxidation sites excluding steroid dienone is 2. The van der Waals surface area contributed by atoms with Gasteiger partial charge in [0.05, 0.1) is 33.4 Å². The first-order valence-electron chi connectivity index (χ1n) is 16.1. The van der Waals surface area contributed by atoms with Crippen LogP contribution in [0.3, 0.4) is 0 Å². The van der Waals surface area contributed by atoms with E-state index in [9.17, 15) is 14.7 Å². The number of ether oxygens (including phenoxy) is 3. The zero-order chi connectivity index (χ0) is 34.5. The summed E-state index contributed by atoms with van der Waals surface area (Å²) in [5, 5.41) is 13.8. The maximum absolute atomic E-state index is 12.5. The molecule has 50 heavy (non-hydrogen) atoms. The van der Waals surface area contributed by atoms with Crippen molar-refractivity contribution < 1.29 is 41.3 Å². The topological polar surface area (TPSA) is 82.1 Å². The lowest BCUT2D eigenvalue weighted by Gasteiger charge is -2.27. The first-order valence-corrected chi connectivity index (χ1v) is 18.0. The summed E-state index contributed by atoms with van der Waals surface area (Å²) in [5.41, 5.74) is 1.42. The summed E-state index contributed by atoms with van der Waals surface area (Å²) in [7, 11) is 1.09. The van der Waals surface area contributed by atoms with E-state index in [1.165, 1.54) is 41.2 Å². The Kier molecular flexibility index (Phi) is 14.0. The van der Waals surface area contributed by atoms with Crippen LogP contribution in [0.5, 0.6) is 23.0 Å². The number of halogens is 1. The summed E-state index contributed by atoms with van der Waals surface area (Å²) >= 11 is 0. The molecule has 0 unspecified atom stereocenters. The zero-order valence-electron chi connectivity index (χ0n) is 28.1. The van der Waals surface area contributed by atoms with Gasteiger partial charge in [-0.2, -0.15) is 0 Å². The third-order valence-corrected chi connectivity index (χ3v) is 12.7. The molecule has 256 valence electrons. The second-order valence-corrected chi connectivity index (χ2v) is 15.0. The number of benzene rings is 5. The highest BCUT2D eigenvalue weighted by Crippen LogP contribution is 2.55. The summed E-state index contributed by atoms with van der Waals surface area (Å²) in [4.78, 5) is 24.9. The summed E-state index contributed by atoms with van der Waals surface area (Å²) in [6.45, 7) is 0.505. The predicted octanol–water partition coefficient (Wildman–Crippen LogP) is 4.43. The summed E-state index contributed by atoms with van der Waals surface area (Å²) in [6, 6.07) is 42.6. The van der Waals surface area contributed by atoms with Gasteiger partial charge in [-0.1, -0.05) is 78.9 Å². The molecule has 1 N–H and O–H groups in total. The van der Waals surface area contributed by atoms with E-state index in [1.807, 2.05) is 18.2 Å². The molecular formula is C42H40ClO6P. The Morgan fingerprint density at radius 2 is 1.08 bits per heavy atom. The van der Waals surface area contributed by atoms with Crippen LogP contribution in [0.4, 0.5) is 0 Å². The molecule has 6 nitrogen and oxygen atoms in total. The van der Waals surface area contributed by atoms with Crippen LogP contribution in [-0.4, -0.2) is 43.7 Å². The lowest BCUT2D eigenvalue weighted by Crippen LogP contribution is -3.00. The van der Waals surface area contributed by atoms with E-state index in [4.69, 9.17) is 14.2 Å². The van der Waals surface area contributed by atoms with E-state index >= 15 is 0 Å². The van der Waals surface area contributed by atoms with E-state index in [1.54, 1.807) is 31.4 Å². The molecule has 0 aromatic heterocycles. The molecule has 0 aliphatic rings. The molecule has 8 heteroatoms. The monoisotopic (exact) mass is 706 g/mol. The molecule has 0 atom stereocenters. The third-order valence-electron chi connectivity index (χ3n) is 8.15. The highest BCUT2D eigenvalue weighted by Gasteiger charge is 2.44. The number of carbonyl (C=O) groups is 2. The summed E-state index contributed by atoms with van der Waals surface area (Å²) < 4.78 is 17.0. The minimum atomic E-state index is -1.95. The van der Waals surface area contributed by atoms with Crippen molar-refractivity contribution in [3.05, 3.63) is 151 Å². The molecule has 5 rings (SSSR count). The fourth-order valence-electron chi connectivity index (χ4n) is 5.74. The minimum absolute atomic E-state index is 0. The first-order chi connectivity index (χ1) is 23.9. The summed E-state index contributed by atoms with van der Waals surface area (Å²) in [6.07, 6.45) is 7.48. The van der Waals surface area contributed by atoms with Crippen molar-refractivity contribution in [3.8, 4) is 23.0 Å². The van der Waals surface area contributed by atoms with Gasteiger partial charge in [-0.25, -0.2) is 0 Å². The molecule has 0 bridgehead atoms. The molecule has 0 heterocycles. The number of hydrogen-bond acceptors (Lipinski definition) is 6.